The third-order valence-corrected chi connectivity index (χ3v) is 7.35. The van der Waals surface area contributed by atoms with Gasteiger partial charge >= 0.3 is 0 Å². The first kappa shape index (κ1) is 23.3. The number of nitrogens with one attached hydrogen (secondary N) is 1. The first-order valence-electron chi connectivity index (χ1n) is 12.4. The Bertz CT molecular complexity index is 1580. The number of carbonyl (C=O) groups is 1. The van der Waals surface area contributed by atoms with Crippen molar-refractivity contribution in [2.24, 2.45) is 5.41 Å². The van der Waals surface area contributed by atoms with Crippen LogP contribution < -0.4 is 15.8 Å². The summed E-state index contributed by atoms with van der Waals surface area (Å²) in [5.74, 6) is -2.50. The number of benzene rings is 2. The normalized spacial score (nSPS) is 16.2. The molecule has 6 rings (SSSR count). The number of hydrogen-bond donors (Lipinski definition) is 1. The zero-order valence-corrected chi connectivity index (χ0v) is 20.5. The highest BCUT2D eigenvalue weighted by atomic mass is 19.1. The highest BCUT2D eigenvalue weighted by Gasteiger charge is 2.48. The molecule has 2 fully saturated rings. The summed E-state index contributed by atoms with van der Waals surface area (Å²) in [5.41, 5.74) is 1.16. The molecule has 10 heteroatoms. The molecule has 0 radical (unpaired) electrons. The van der Waals surface area contributed by atoms with Crippen molar-refractivity contribution in [2.45, 2.75) is 39.2 Å². The van der Waals surface area contributed by atoms with Crippen LogP contribution in [0.1, 0.15) is 49.6 Å². The molecule has 2 aliphatic rings. The van der Waals surface area contributed by atoms with Crippen LogP contribution in [0.15, 0.2) is 53.5 Å². The monoisotopic (exact) mass is 504 g/mol. The predicted octanol–water partition coefficient (Wildman–Crippen LogP) is 4.68. The lowest BCUT2D eigenvalue weighted by Crippen LogP contribution is -2.27. The molecule has 0 bridgehead atoms. The number of carbonyl (C=O) groups excluding carboxylic acids is 1. The Morgan fingerprint density at radius 1 is 1.00 bits per heavy atom. The van der Waals surface area contributed by atoms with E-state index in [1.165, 1.54) is 25.0 Å². The SMILES string of the molecule is CC(C)n1cc2c(N3CCC4(CC4)C3)c(NC(=O)c3ccc(=O)n(-c4c(F)cccc4F)n3)ccc2n1. The Labute approximate surface area is 211 Å². The summed E-state index contributed by atoms with van der Waals surface area (Å²) in [4.78, 5) is 28.0. The van der Waals surface area contributed by atoms with Gasteiger partial charge in [0, 0.05) is 36.8 Å². The van der Waals surface area contributed by atoms with Crippen molar-refractivity contribution in [3.8, 4) is 5.69 Å². The van der Waals surface area contributed by atoms with Crippen LogP contribution in [0.25, 0.3) is 16.6 Å². The number of aromatic nitrogens is 4. The summed E-state index contributed by atoms with van der Waals surface area (Å²) in [6.45, 7) is 5.91. The van der Waals surface area contributed by atoms with E-state index in [4.69, 9.17) is 5.10 Å². The minimum Gasteiger partial charge on any atom is -0.369 e. The van der Waals surface area contributed by atoms with E-state index in [2.05, 4.69) is 29.2 Å². The summed E-state index contributed by atoms with van der Waals surface area (Å²) in [7, 11) is 0. The third kappa shape index (κ3) is 4.06. The lowest BCUT2D eigenvalue weighted by atomic mass is 10.1. The zero-order chi connectivity index (χ0) is 25.9. The Kier molecular flexibility index (Phi) is 5.36. The maximum atomic E-state index is 14.3. The van der Waals surface area contributed by atoms with Crippen molar-refractivity contribution in [1.29, 1.82) is 0 Å². The second-order valence-corrected chi connectivity index (χ2v) is 10.3. The number of para-hydroxylation sites is 1. The molecule has 1 spiro atoms. The molecule has 1 aliphatic carbocycles. The van der Waals surface area contributed by atoms with E-state index in [1.54, 1.807) is 0 Å². The van der Waals surface area contributed by atoms with E-state index >= 15 is 0 Å². The van der Waals surface area contributed by atoms with Crippen molar-refractivity contribution in [3.63, 3.8) is 0 Å². The highest BCUT2D eigenvalue weighted by Crippen LogP contribution is 2.54. The maximum absolute atomic E-state index is 14.3. The van der Waals surface area contributed by atoms with Gasteiger partial charge in [0.05, 0.1) is 16.9 Å². The Balaban J connectivity index is 1.39. The van der Waals surface area contributed by atoms with E-state index in [9.17, 15) is 18.4 Å². The predicted molar refractivity (Wildman–Crippen MR) is 136 cm³/mol. The largest absolute Gasteiger partial charge is 0.369 e. The summed E-state index contributed by atoms with van der Waals surface area (Å²) in [5, 5.41) is 12.6. The molecule has 8 nitrogen and oxygen atoms in total. The second-order valence-electron chi connectivity index (χ2n) is 10.3. The van der Waals surface area contributed by atoms with Gasteiger partial charge in [-0.25, -0.2) is 8.78 Å². The molecule has 37 heavy (non-hydrogen) atoms. The molecule has 1 N–H and O–H groups in total. The van der Waals surface area contributed by atoms with Gasteiger partial charge in [0.15, 0.2) is 11.6 Å². The molecular formula is C27H26F2N6O2. The second kappa shape index (κ2) is 8.50. The van der Waals surface area contributed by atoms with Crippen LogP contribution >= 0.6 is 0 Å². The topological polar surface area (TPSA) is 85.0 Å². The van der Waals surface area contributed by atoms with E-state index < -0.39 is 28.8 Å². The van der Waals surface area contributed by atoms with E-state index in [-0.39, 0.29) is 11.7 Å². The number of halogens is 2. The zero-order valence-electron chi connectivity index (χ0n) is 20.5. The number of anilines is 2. The highest BCUT2D eigenvalue weighted by molar-refractivity contribution is 6.08. The summed E-state index contributed by atoms with van der Waals surface area (Å²) in [6, 6.07) is 9.42. The lowest BCUT2D eigenvalue weighted by molar-refractivity contribution is 0.102. The van der Waals surface area contributed by atoms with Crippen LogP contribution in [-0.2, 0) is 0 Å². The van der Waals surface area contributed by atoms with Crippen LogP contribution in [0.3, 0.4) is 0 Å². The molecule has 0 unspecified atom stereocenters. The van der Waals surface area contributed by atoms with Crippen molar-refractivity contribution >= 4 is 28.2 Å². The summed E-state index contributed by atoms with van der Waals surface area (Å²) >= 11 is 0. The third-order valence-electron chi connectivity index (χ3n) is 7.35. The standard InChI is InChI=1S/C27H26F2N6O2/c1-16(2)34-14-17-20(31-34)6-7-21(24(17)33-13-12-27(15-33)10-11-27)30-26(37)22-8-9-23(36)35(32-22)25-18(28)4-3-5-19(25)29/h3-9,14,16H,10-13,15H2,1-2H3,(H,30,37). The van der Waals surface area contributed by atoms with Gasteiger partial charge in [0.2, 0.25) is 0 Å². The van der Waals surface area contributed by atoms with Gasteiger partial charge in [-0.3, -0.25) is 14.3 Å². The van der Waals surface area contributed by atoms with Gasteiger partial charge in [-0.1, -0.05) is 6.07 Å². The Hall–Kier alpha value is -4.08. The van der Waals surface area contributed by atoms with Crippen LogP contribution in [0.5, 0.6) is 0 Å². The molecule has 1 saturated carbocycles. The molecule has 1 amide bonds. The van der Waals surface area contributed by atoms with E-state index in [1.807, 2.05) is 23.0 Å². The fourth-order valence-electron chi connectivity index (χ4n) is 5.08. The number of nitrogens with zero attached hydrogens (tertiary/aromatic N) is 5. The first-order valence-corrected chi connectivity index (χ1v) is 12.4. The molecule has 2 aromatic carbocycles. The minimum atomic E-state index is -0.954. The number of hydrogen-bond acceptors (Lipinski definition) is 5. The van der Waals surface area contributed by atoms with Crippen LogP contribution in [-0.4, -0.2) is 38.6 Å². The van der Waals surface area contributed by atoms with Crippen molar-refractivity contribution in [2.75, 3.05) is 23.3 Å². The quantitative estimate of drug-likeness (QED) is 0.427. The minimum absolute atomic E-state index is 0.147. The molecule has 3 heterocycles. The van der Waals surface area contributed by atoms with Crippen molar-refractivity contribution in [1.82, 2.24) is 19.6 Å². The molecule has 1 saturated heterocycles. The van der Waals surface area contributed by atoms with Crippen LogP contribution in [0.2, 0.25) is 0 Å². The van der Waals surface area contributed by atoms with E-state index in [0.717, 1.165) is 54.3 Å². The van der Waals surface area contributed by atoms with Gasteiger partial charge < -0.3 is 10.2 Å². The van der Waals surface area contributed by atoms with Gasteiger partial charge in [-0.2, -0.15) is 14.9 Å². The number of amides is 1. The van der Waals surface area contributed by atoms with Crippen molar-refractivity contribution < 1.29 is 13.6 Å². The smallest absolute Gasteiger partial charge is 0.276 e. The summed E-state index contributed by atoms with van der Waals surface area (Å²) < 4.78 is 31.2. The van der Waals surface area contributed by atoms with Gasteiger partial charge in [0.25, 0.3) is 11.5 Å². The molecular weight excluding hydrogens is 478 g/mol. The number of rotatable bonds is 5. The van der Waals surface area contributed by atoms with Gasteiger partial charge in [-0.15, -0.1) is 0 Å². The Morgan fingerprint density at radius 3 is 2.43 bits per heavy atom. The molecule has 0 atom stereocenters. The molecule has 2 aromatic heterocycles. The first-order chi connectivity index (χ1) is 17.7. The molecule has 190 valence electrons. The van der Waals surface area contributed by atoms with Gasteiger partial charge in [-0.05, 0) is 68.9 Å². The fraction of sp³-hybridized carbons (Fsp3) is 0.333. The molecule has 4 aromatic rings. The van der Waals surface area contributed by atoms with Gasteiger partial charge in [0.1, 0.15) is 11.4 Å². The van der Waals surface area contributed by atoms with E-state index in [0.29, 0.717) is 15.8 Å². The maximum Gasteiger partial charge on any atom is 0.276 e. The Morgan fingerprint density at radius 2 is 1.76 bits per heavy atom. The average molecular weight is 505 g/mol. The average Bonchev–Trinajstić information content (AvgIpc) is 3.28. The van der Waals surface area contributed by atoms with Crippen LogP contribution in [0, 0.1) is 17.0 Å². The van der Waals surface area contributed by atoms with Crippen LogP contribution in [0.4, 0.5) is 20.2 Å². The fourth-order valence-corrected chi connectivity index (χ4v) is 5.08. The van der Waals surface area contributed by atoms with Crippen molar-refractivity contribution in [3.05, 3.63) is 76.3 Å². The number of fused-ring (bicyclic) bond motifs is 1. The lowest BCUT2D eigenvalue weighted by Gasteiger charge is -2.23. The summed E-state index contributed by atoms with van der Waals surface area (Å²) in [6.07, 6.45) is 5.53. The molecule has 1 aliphatic heterocycles.